The van der Waals surface area contributed by atoms with Crippen molar-refractivity contribution in [3.63, 3.8) is 0 Å². The first-order chi connectivity index (χ1) is 18.1. The van der Waals surface area contributed by atoms with Crippen LogP contribution in [0.5, 0.6) is 0 Å². The molecule has 3 fully saturated rings. The molecular formula is C30H34N4O3. The number of nitrogens with zero attached hydrogens (tertiary/aromatic N) is 3. The molecule has 3 unspecified atom stereocenters. The smallest absolute Gasteiger partial charge is 0.255 e. The average molecular weight is 499 g/mol. The van der Waals surface area contributed by atoms with E-state index in [1.165, 1.54) is 0 Å². The molecule has 0 bridgehead atoms. The van der Waals surface area contributed by atoms with Crippen molar-refractivity contribution in [2.75, 3.05) is 45.9 Å². The molecule has 192 valence electrons. The highest BCUT2D eigenvalue weighted by molar-refractivity contribution is 5.97. The number of ether oxygens (including phenoxy) is 1. The van der Waals surface area contributed by atoms with E-state index in [2.05, 4.69) is 27.3 Å². The minimum Gasteiger partial charge on any atom is -0.381 e. The third-order valence-electron chi connectivity index (χ3n) is 8.24. The van der Waals surface area contributed by atoms with Gasteiger partial charge in [0.15, 0.2) is 0 Å². The Balaban J connectivity index is 1.04. The van der Waals surface area contributed by atoms with Gasteiger partial charge in [-0.15, -0.1) is 0 Å². The Hall–Kier alpha value is -3.29. The van der Waals surface area contributed by atoms with Crippen LogP contribution in [0.25, 0.3) is 10.9 Å². The summed E-state index contributed by atoms with van der Waals surface area (Å²) in [4.78, 5) is 35.0. The molecule has 4 atom stereocenters. The summed E-state index contributed by atoms with van der Waals surface area (Å²) in [6.45, 7) is 5.71. The first kappa shape index (κ1) is 24.1. The number of benzene rings is 2. The predicted molar refractivity (Wildman–Crippen MR) is 142 cm³/mol. The van der Waals surface area contributed by atoms with E-state index in [1.807, 2.05) is 53.4 Å². The van der Waals surface area contributed by atoms with Gasteiger partial charge in [-0.1, -0.05) is 48.5 Å². The first-order valence-electron chi connectivity index (χ1n) is 13.4. The Morgan fingerprint density at radius 1 is 1.00 bits per heavy atom. The van der Waals surface area contributed by atoms with Crippen LogP contribution in [-0.4, -0.2) is 72.5 Å². The Morgan fingerprint density at radius 2 is 1.76 bits per heavy atom. The summed E-state index contributed by atoms with van der Waals surface area (Å²) in [5.74, 6) is 1.14. The van der Waals surface area contributed by atoms with Crippen LogP contribution in [0.3, 0.4) is 0 Å². The summed E-state index contributed by atoms with van der Waals surface area (Å²) in [5, 5.41) is 4.30. The van der Waals surface area contributed by atoms with Crippen molar-refractivity contribution in [2.24, 2.45) is 17.8 Å². The molecule has 0 saturated carbocycles. The molecular weight excluding hydrogens is 464 g/mol. The first-order valence-corrected chi connectivity index (χ1v) is 13.4. The zero-order chi connectivity index (χ0) is 25.2. The van der Waals surface area contributed by atoms with Crippen molar-refractivity contribution in [1.82, 2.24) is 20.1 Å². The van der Waals surface area contributed by atoms with Gasteiger partial charge in [0.2, 0.25) is 5.91 Å². The molecule has 7 nitrogen and oxygen atoms in total. The number of fused-ring (bicyclic) bond motifs is 2. The highest BCUT2D eigenvalue weighted by Gasteiger charge is 2.41. The van der Waals surface area contributed by atoms with E-state index in [4.69, 9.17) is 4.74 Å². The quantitative estimate of drug-likeness (QED) is 0.540. The lowest BCUT2D eigenvalue weighted by molar-refractivity contribution is -0.125. The predicted octanol–water partition coefficient (Wildman–Crippen LogP) is 3.52. The van der Waals surface area contributed by atoms with Gasteiger partial charge in [0.25, 0.3) is 5.91 Å². The molecule has 6 rings (SSSR count). The lowest BCUT2D eigenvalue weighted by atomic mass is 10.0. The fraction of sp³-hybridized carbons (Fsp3) is 0.433. The summed E-state index contributed by atoms with van der Waals surface area (Å²) in [7, 11) is 0. The second-order valence-electron chi connectivity index (χ2n) is 10.7. The average Bonchev–Trinajstić information content (AvgIpc) is 3.68. The minimum absolute atomic E-state index is 0.00628. The van der Waals surface area contributed by atoms with Crippen LogP contribution < -0.4 is 5.32 Å². The SMILES string of the molecule is O=C(N[C@@H](CCN1CC2CN(C(=O)c3cnc4ccccc4c3)CC2C1)c1ccccc1)C1CCOC1. The molecule has 2 amide bonds. The van der Waals surface area contributed by atoms with Crippen molar-refractivity contribution in [1.29, 1.82) is 0 Å². The number of hydrogen-bond acceptors (Lipinski definition) is 5. The number of carbonyl (C=O) groups excluding carboxylic acids is 2. The molecule has 3 aliphatic rings. The second-order valence-corrected chi connectivity index (χ2v) is 10.7. The fourth-order valence-corrected chi connectivity index (χ4v) is 6.16. The normalized spacial score (nSPS) is 24.3. The van der Waals surface area contributed by atoms with Crippen molar-refractivity contribution >= 4 is 22.7 Å². The van der Waals surface area contributed by atoms with Gasteiger partial charge >= 0.3 is 0 Å². The van der Waals surface area contributed by atoms with E-state index in [9.17, 15) is 9.59 Å². The van der Waals surface area contributed by atoms with E-state index in [0.29, 0.717) is 30.6 Å². The summed E-state index contributed by atoms with van der Waals surface area (Å²) >= 11 is 0. The molecule has 1 N–H and O–H groups in total. The standard InChI is InChI=1S/C30H34N4O3/c35-29(23-11-13-37-20-23)32-28(21-6-2-1-3-7-21)10-12-33-16-25-18-34(19-26(25)17-33)30(36)24-14-22-8-4-5-9-27(22)31-15-24/h1-9,14-15,23,25-26,28H,10-13,16-20H2,(H,32,35)/t23?,25?,26?,28-/m0/s1. The van der Waals surface area contributed by atoms with Crippen molar-refractivity contribution < 1.29 is 14.3 Å². The second kappa shape index (κ2) is 10.6. The number of carbonyl (C=O) groups is 2. The molecule has 4 heterocycles. The highest BCUT2D eigenvalue weighted by atomic mass is 16.5. The lowest BCUT2D eigenvalue weighted by Gasteiger charge is -2.25. The van der Waals surface area contributed by atoms with Crippen LogP contribution in [-0.2, 0) is 9.53 Å². The summed E-state index contributed by atoms with van der Waals surface area (Å²) < 4.78 is 5.42. The van der Waals surface area contributed by atoms with Gasteiger partial charge in [-0.3, -0.25) is 14.6 Å². The Bertz CT molecular complexity index is 1250. The molecule has 0 aliphatic carbocycles. The number of rotatable bonds is 7. The molecule has 7 heteroatoms. The minimum atomic E-state index is -0.0429. The van der Waals surface area contributed by atoms with Crippen LogP contribution in [0.2, 0.25) is 0 Å². The maximum Gasteiger partial charge on any atom is 0.255 e. The Labute approximate surface area is 217 Å². The van der Waals surface area contributed by atoms with Crippen molar-refractivity contribution in [3.8, 4) is 0 Å². The molecule has 0 spiro atoms. The maximum atomic E-state index is 13.2. The molecule has 37 heavy (non-hydrogen) atoms. The van der Waals surface area contributed by atoms with E-state index < -0.39 is 0 Å². The van der Waals surface area contributed by atoms with Gasteiger partial charge in [-0.05, 0) is 42.4 Å². The molecule has 3 aromatic rings. The number of aromatic nitrogens is 1. The number of amides is 2. The van der Waals surface area contributed by atoms with Crippen LogP contribution in [0.1, 0.15) is 34.8 Å². The van der Waals surface area contributed by atoms with Gasteiger partial charge in [-0.2, -0.15) is 0 Å². The number of para-hydroxylation sites is 1. The third kappa shape index (κ3) is 5.24. The summed E-state index contributed by atoms with van der Waals surface area (Å²) in [6.07, 6.45) is 3.38. The topological polar surface area (TPSA) is 74.8 Å². The Morgan fingerprint density at radius 3 is 2.51 bits per heavy atom. The number of nitrogens with one attached hydrogen (secondary N) is 1. The molecule has 0 radical (unpaired) electrons. The van der Waals surface area contributed by atoms with Gasteiger partial charge in [0.05, 0.1) is 29.6 Å². The molecule has 2 aromatic carbocycles. The largest absolute Gasteiger partial charge is 0.381 e. The molecule has 3 aliphatic heterocycles. The zero-order valence-electron chi connectivity index (χ0n) is 21.1. The van der Waals surface area contributed by atoms with E-state index >= 15 is 0 Å². The number of hydrogen-bond donors (Lipinski definition) is 1. The lowest BCUT2D eigenvalue weighted by Crippen LogP contribution is -2.37. The highest BCUT2D eigenvalue weighted by Crippen LogP contribution is 2.33. The van der Waals surface area contributed by atoms with Crippen LogP contribution in [0.4, 0.5) is 0 Å². The van der Waals surface area contributed by atoms with Gasteiger partial charge in [-0.25, -0.2) is 0 Å². The van der Waals surface area contributed by atoms with Gasteiger partial charge in [0.1, 0.15) is 0 Å². The van der Waals surface area contributed by atoms with Crippen molar-refractivity contribution in [3.05, 3.63) is 78.0 Å². The van der Waals surface area contributed by atoms with E-state index in [1.54, 1.807) is 6.20 Å². The van der Waals surface area contributed by atoms with Crippen LogP contribution in [0, 0.1) is 17.8 Å². The molecule has 3 saturated heterocycles. The number of pyridine rings is 1. The number of likely N-dealkylation sites (tertiary alicyclic amines) is 2. The summed E-state index contributed by atoms with van der Waals surface area (Å²) in [5.41, 5.74) is 2.73. The van der Waals surface area contributed by atoms with Crippen LogP contribution in [0.15, 0.2) is 66.9 Å². The monoisotopic (exact) mass is 498 g/mol. The van der Waals surface area contributed by atoms with E-state index in [-0.39, 0.29) is 23.8 Å². The van der Waals surface area contributed by atoms with Gasteiger partial charge in [0, 0.05) is 50.9 Å². The fourth-order valence-electron chi connectivity index (χ4n) is 6.16. The van der Waals surface area contributed by atoms with Crippen molar-refractivity contribution in [2.45, 2.75) is 18.9 Å². The van der Waals surface area contributed by atoms with Gasteiger partial charge < -0.3 is 19.9 Å². The Kier molecular flexibility index (Phi) is 6.89. The third-order valence-corrected chi connectivity index (χ3v) is 8.24. The summed E-state index contributed by atoms with van der Waals surface area (Å²) in [6, 6.07) is 20.1. The van der Waals surface area contributed by atoms with E-state index in [0.717, 1.165) is 62.0 Å². The van der Waals surface area contributed by atoms with Crippen LogP contribution >= 0.6 is 0 Å². The molecule has 1 aromatic heterocycles. The maximum absolute atomic E-state index is 13.2. The zero-order valence-corrected chi connectivity index (χ0v) is 21.1.